The van der Waals surface area contributed by atoms with E-state index >= 15 is 0 Å². The molecule has 0 atom stereocenters. The van der Waals surface area contributed by atoms with E-state index in [1.165, 1.54) is 4.88 Å². The highest BCUT2D eigenvalue weighted by molar-refractivity contribution is 9.10. The zero-order valence-electron chi connectivity index (χ0n) is 17.3. The SMILES string of the molecule is CCCCOC(=O)c1cccc(Nc2ncnc3sc(C)c(-c4ccc(Br)cc4)c23)c1. The van der Waals surface area contributed by atoms with Gasteiger partial charge in [0.2, 0.25) is 0 Å². The molecule has 0 aliphatic heterocycles. The Bertz CT molecular complexity index is 1220. The minimum absolute atomic E-state index is 0.313. The molecule has 0 saturated carbocycles. The van der Waals surface area contributed by atoms with Crippen LogP contribution in [0.5, 0.6) is 0 Å². The Labute approximate surface area is 193 Å². The van der Waals surface area contributed by atoms with Gasteiger partial charge < -0.3 is 10.1 Å². The molecule has 4 aromatic rings. The van der Waals surface area contributed by atoms with Crippen LogP contribution in [-0.4, -0.2) is 22.5 Å². The van der Waals surface area contributed by atoms with Gasteiger partial charge in [0.15, 0.2) is 0 Å². The standard InChI is InChI=1S/C24H22BrN3O2S/c1-3-4-12-30-24(29)17-6-5-7-19(13-17)28-22-21-20(16-8-10-18(25)11-9-16)15(2)31-23(21)27-14-26-22/h5-11,13-14H,3-4,12H2,1-2H3,(H,26,27,28). The van der Waals surface area contributed by atoms with Gasteiger partial charge in [0.05, 0.1) is 17.6 Å². The summed E-state index contributed by atoms with van der Waals surface area (Å²) in [6.07, 6.45) is 3.41. The maximum absolute atomic E-state index is 12.3. The first-order valence-electron chi connectivity index (χ1n) is 10.1. The molecular formula is C24H22BrN3O2S. The first-order chi connectivity index (χ1) is 15.1. The number of rotatable bonds is 7. The molecule has 31 heavy (non-hydrogen) atoms. The van der Waals surface area contributed by atoms with Crippen LogP contribution in [0.3, 0.4) is 0 Å². The maximum atomic E-state index is 12.3. The highest BCUT2D eigenvalue weighted by Crippen LogP contribution is 2.41. The molecule has 2 heterocycles. The normalized spacial score (nSPS) is 10.9. The first kappa shape index (κ1) is 21.5. The Morgan fingerprint density at radius 1 is 1.16 bits per heavy atom. The summed E-state index contributed by atoms with van der Waals surface area (Å²) in [4.78, 5) is 23.4. The van der Waals surface area contributed by atoms with Crippen LogP contribution < -0.4 is 5.32 Å². The predicted octanol–water partition coefficient (Wildman–Crippen LogP) is 7.13. The van der Waals surface area contributed by atoms with Crippen molar-refractivity contribution in [2.24, 2.45) is 0 Å². The number of anilines is 2. The molecule has 5 nitrogen and oxygen atoms in total. The highest BCUT2D eigenvalue weighted by Gasteiger charge is 2.17. The van der Waals surface area contributed by atoms with Crippen molar-refractivity contribution in [3.8, 4) is 11.1 Å². The van der Waals surface area contributed by atoms with E-state index in [1.807, 2.05) is 24.3 Å². The number of ether oxygens (including phenoxy) is 1. The lowest BCUT2D eigenvalue weighted by molar-refractivity contribution is 0.0500. The van der Waals surface area contributed by atoms with Crippen molar-refractivity contribution in [3.63, 3.8) is 0 Å². The van der Waals surface area contributed by atoms with Gasteiger partial charge in [-0.15, -0.1) is 11.3 Å². The second kappa shape index (κ2) is 9.58. The fourth-order valence-electron chi connectivity index (χ4n) is 3.36. The van der Waals surface area contributed by atoms with Crippen molar-refractivity contribution >= 4 is 55.0 Å². The molecule has 158 valence electrons. The molecule has 0 aliphatic rings. The summed E-state index contributed by atoms with van der Waals surface area (Å²) in [5, 5.41) is 4.36. The Morgan fingerprint density at radius 3 is 2.74 bits per heavy atom. The average Bonchev–Trinajstić information content (AvgIpc) is 3.11. The van der Waals surface area contributed by atoms with Crippen LogP contribution >= 0.6 is 27.3 Å². The summed E-state index contributed by atoms with van der Waals surface area (Å²) in [6, 6.07) is 15.5. The zero-order chi connectivity index (χ0) is 21.8. The molecule has 0 unspecified atom stereocenters. The van der Waals surface area contributed by atoms with E-state index in [0.29, 0.717) is 18.0 Å². The van der Waals surface area contributed by atoms with E-state index in [-0.39, 0.29) is 5.97 Å². The van der Waals surface area contributed by atoms with Crippen molar-refractivity contribution in [2.75, 3.05) is 11.9 Å². The molecule has 0 aliphatic carbocycles. The van der Waals surface area contributed by atoms with Gasteiger partial charge in [-0.3, -0.25) is 0 Å². The second-order valence-corrected chi connectivity index (χ2v) is 9.26. The van der Waals surface area contributed by atoms with Gasteiger partial charge in [0, 0.05) is 20.6 Å². The number of benzene rings is 2. The summed E-state index contributed by atoms with van der Waals surface area (Å²) in [5.41, 5.74) is 3.51. The number of hydrogen-bond donors (Lipinski definition) is 1. The number of nitrogens with zero attached hydrogens (tertiary/aromatic N) is 2. The van der Waals surface area contributed by atoms with Gasteiger partial charge >= 0.3 is 5.97 Å². The van der Waals surface area contributed by atoms with Crippen LogP contribution in [0.1, 0.15) is 35.0 Å². The maximum Gasteiger partial charge on any atom is 0.338 e. The van der Waals surface area contributed by atoms with E-state index in [0.717, 1.165) is 44.3 Å². The summed E-state index contributed by atoms with van der Waals surface area (Å²) in [7, 11) is 0. The number of carbonyl (C=O) groups excluding carboxylic acids is 1. The zero-order valence-corrected chi connectivity index (χ0v) is 19.7. The van der Waals surface area contributed by atoms with Crippen molar-refractivity contribution in [3.05, 3.63) is 69.8 Å². The number of aromatic nitrogens is 2. The molecular weight excluding hydrogens is 474 g/mol. The van der Waals surface area contributed by atoms with Crippen LogP contribution in [0.4, 0.5) is 11.5 Å². The minimum atomic E-state index is -0.313. The third-order valence-electron chi connectivity index (χ3n) is 4.89. The van der Waals surface area contributed by atoms with E-state index < -0.39 is 0 Å². The molecule has 0 spiro atoms. The number of unbranched alkanes of at least 4 members (excludes halogenated alkanes) is 1. The number of carbonyl (C=O) groups is 1. The first-order valence-corrected chi connectivity index (χ1v) is 11.7. The molecule has 0 saturated heterocycles. The van der Waals surface area contributed by atoms with Crippen LogP contribution in [-0.2, 0) is 4.74 Å². The number of halogens is 1. The van der Waals surface area contributed by atoms with E-state index in [9.17, 15) is 4.79 Å². The molecule has 0 fully saturated rings. The van der Waals surface area contributed by atoms with Gasteiger partial charge in [-0.2, -0.15) is 0 Å². The Morgan fingerprint density at radius 2 is 1.97 bits per heavy atom. The third-order valence-corrected chi connectivity index (χ3v) is 6.43. The Balaban J connectivity index is 1.69. The van der Waals surface area contributed by atoms with Gasteiger partial charge in [-0.25, -0.2) is 14.8 Å². The lowest BCUT2D eigenvalue weighted by Crippen LogP contribution is -2.06. The second-order valence-electron chi connectivity index (χ2n) is 7.14. The van der Waals surface area contributed by atoms with Gasteiger partial charge in [0.1, 0.15) is 17.0 Å². The summed E-state index contributed by atoms with van der Waals surface area (Å²) in [5.74, 6) is 0.399. The fourth-order valence-corrected chi connectivity index (χ4v) is 4.63. The lowest BCUT2D eigenvalue weighted by Gasteiger charge is -2.10. The summed E-state index contributed by atoms with van der Waals surface area (Å²) in [6.45, 7) is 4.60. The summed E-state index contributed by atoms with van der Waals surface area (Å²) < 4.78 is 6.37. The smallest absolute Gasteiger partial charge is 0.338 e. The number of hydrogen-bond acceptors (Lipinski definition) is 6. The van der Waals surface area contributed by atoms with Gasteiger partial charge in [-0.1, -0.05) is 47.5 Å². The monoisotopic (exact) mass is 495 g/mol. The molecule has 2 aromatic carbocycles. The molecule has 2 aromatic heterocycles. The molecule has 0 bridgehead atoms. The van der Waals surface area contributed by atoms with Gasteiger partial charge in [0.25, 0.3) is 0 Å². The fraction of sp³-hybridized carbons (Fsp3) is 0.208. The van der Waals surface area contributed by atoms with E-state index in [2.05, 4.69) is 57.2 Å². The van der Waals surface area contributed by atoms with Crippen LogP contribution in [0.2, 0.25) is 0 Å². The predicted molar refractivity (Wildman–Crippen MR) is 130 cm³/mol. The van der Waals surface area contributed by atoms with E-state index in [4.69, 9.17) is 4.74 Å². The van der Waals surface area contributed by atoms with Crippen LogP contribution in [0.15, 0.2) is 59.3 Å². The third kappa shape index (κ3) is 4.78. The van der Waals surface area contributed by atoms with Crippen LogP contribution in [0.25, 0.3) is 21.3 Å². The number of thiophene rings is 1. The molecule has 1 N–H and O–H groups in total. The number of nitrogens with one attached hydrogen (secondary N) is 1. The summed E-state index contributed by atoms with van der Waals surface area (Å²) >= 11 is 5.15. The number of fused-ring (bicyclic) bond motifs is 1. The van der Waals surface area contributed by atoms with Crippen molar-refractivity contribution in [1.29, 1.82) is 0 Å². The number of esters is 1. The highest BCUT2D eigenvalue weighted by atomic mass is 79.9. The topological polar surface area (TPSA) is 64.1 Å². The average molecular weight is 496 g/mol. The lowest BCUT2D eigenvalue weighted by atomic mass is 10.0. The van der Waals surface area contributed by atoms with Crippen LogP contribution in [0, 0.1) is 6.92 Å². The van der Waals surface area contributed by atoms with E-state index in [1.54, 1.807) is 29.8 Å². The Hall–Kier alpha value is -2.77. The Kier molecular flexibility index (Phi) is 6.63. The quantitative estimate of drug-likeness (QED) is 0.218. The van der Waals surface area contributed by atoms with Crippen molar-refractivity contribution < 1.29 is 9.53 Å². The molecule has 0 amide bonds. The largest absolute Gasteiger partial charge is 0.462 e. The molecule has 7 heteroatoms. The van der Waals surface area contributed by atoms with Gasteiger partial charge in [-0.05, 0) is 49.2 Å². The minimum Gasteiger partial charge on any atom is -0.462 e. The number of aryl methyl sites for hydroxylation is 1. The molecule has 0 radical (unpaired) electrons. The van der Waals surface area contributed by atoms with Crippen molar-refractivity contribution in [1.82, 2.24) is 9.97 Å². The molecule has 4 rings (SSSR count). The van der Waals surface area contributed by atoms with Crippen molar-refractivity contribution in [2.45, 2.75) is 26.7 Å².